The molecule has 0 unspecified atom stereocenters. The normalized spacial score (nSPS) is 26.2. The second kappa shape index (κ2) is 6.60. The summed E-state index contributed by atoms with van der Waals surface area (Å²) in [5.41, 5.74) is 0. The SMILES string of the molecule is CN(C)C(=O)[C@H]1CC[C@@H](C2CCN(c3cccnn3)CC2)O1. The zero-order valence-electron chi connectivity index (χ0n) is 13.3. The molecule has 6 nitrogen and oxygen atoms in total. The average molecular weight is 304 g/mol. The number of carbonyl (C=O) groups is 1. The maximum Gasteiger partial charge on any atom is 0.251 e. The second-order valence-corrected chi connectivity index (χ2v) is 6.38. The van der Waals surface area contributed by atoms with E-state index in [9.17, 15) is 4.79 Å². The van der Waals surface area contributed by atoms with Gasteiger partial charge in [0.15, 0.2) is 5.82 Å². The van der Waals surface area contributed by atoms with Crippen LogP contribution in [0.15, 0.2) is 18.3 Å². The number of hydrogen-bond donors (Lipinski definition) is 0. The standard InChI is InChI=1S/C16H24N4O2/c1-19(2)16(21)14-6-5-13(22-14)12-7-10-20(11-8-12)15-4-3-9-17-18-15/h3-4,9,12-14H,5-8,10-11H2,1-2H3/t13-,14+/m0/s1. The number of carbonyl (C=O) groups excluding carboxylic acids is 1. The van der Waals surface area contributed by atoms with Crippen molar-refractivity contribution in [2.45, 2.75) is 37.9 Å². The van der Waals surface area contributed by atoms with Crippen molar-refractivity contribution in [3.05, 3.63) is 18.3 Å². The van der Waals surface area contributed by atoms with Crippen molar-refractivity contribution in [2.24, 2.45) is 5.92 Å². The largest absolute Gasteiger partial charge is 0.365 e. The molecule has 0 N–H and O–H groups in total. The van der Waals surface area contributed by atoms with Gasteiger partial charge in [0.25, 0.3) is 5.91 Å². The Balaban J connectivity index is 1.51. The molecule has 0 bridgehead atoms. The Labute approximate surface area is 131 Å². The zero-order chi connectivity index (χ0) is 15.5. The summed E-state index contributed by atoms with van der Waals surface area (Å²) < 4.78 is 6.03. The molecule has 0 aliphatic carbocycles. The van der Waals surface area contributed by atoms with Gasteiger partial charge >= 0.3 is 0 Å². The highest BCUT2D eigenvalue weighted by molar-refractivity contribution is 5.80. The van der Waals surface area contributed by atoms with E-state index in [1.54, 1.807) is 25.2 Å². The van der Waals surface area contributed by atoms with Gasteiger partial charge in [-0.1, -0.05) is 0 Å². The predicted molar refractivity (Wildman–Crippen MR) is 83.6 cm³/mol. The maximum absolute atomic E-state index is 12.0. The van der Waals surface area contributed by atoms with Crippen LogP contribution in [0.5, 0.6) is 0 Å². The average Bonchev–Trinajstić information content (AvgIpc) is 3.05. The molecule has 2 aliphatic heterocycles. The van der Waals surface area contributed by atoms with Crippen LogP contribution in [-0.2, 0) is 9.53 Å². The summed E-state index contributed by atoms with van der Waals surface area (Å²) >= 11 is 0. The lowest BCUT2D eigenvalue weighted by molar-refractivity contribution is -0.141. The van der Waals surface area contributed by atoms with E-state index in [-0.39, 0.29) is 18.1 Å². The lowest BCUT2D eigenvalue weighted by Gasteiger charge is -2.35. The highest BCUT2D eigenvalue weighted by atomic mass is 16.5. The van der Waals surface area contributed by atoms with E-state index < -0.39 is 0 Å². The molecule has 22 heavy (non-hydrogen) atoms. The Morgan fingerprint density at radius 1 is 1.27 bits per heavy atom. The first-order chi connectivity index (χ1) is 10.6. The molecule has 1 aromatic heterocycles. The number of piperidine rings is 1. The van der Waals surface area contributed by atoms with Crippen LogP contribution in [0.4, 0.5) is 5.82 Å². The summed E-state index contributed by atoms with van der Waals surface area (Å²) in [6.45, 7) is 1.96. The van der Waals surface area contributed by atoms with Gasteiger partial charge in [-0.2, -0.15) is 5.10 Å². The topological polar surface area (TPSA) is 58.6 Å². The molecule has 1 amide bonds. The quantitative estimate of drug-likeness (QED) is 0.843. The summed E-state index contributed by atoms with van der Waals surface area (Å²) in [6.07, 6.45) is 5.72. The van der Waals surface area contributed by atoms with E-state index in [0.717, 1.165) is 44.6 Å². The lowest BCUT2D eigenvalue weighted by Crippen LogP contribution is -2.39. The van der Waals surface area contributed by atoms with Gasteiger partial charge in [-0.15, -0.1) is 5.10 Å². The van der Waals surface area contributed by atoms with Crippen LogP contribution < -0.4 is 4.90 Å². The minimum atomic E-state index is -0.238. The number of nitrogens with zero attached hydrogens (tertiary/aromatic N) is 4. The molecule has 0 aromatic carbocycles. The van der Waals surface area contributed by atoms with E-state index in [1.807, 2.05) is 12.1 Å². The fraction of sp³-hybridized carbons (Fsp3) is 0.688. The summed E-state index contributed by atoms with van der Waals surface area (Å²) in [6, 6.07) is 3.93. The predicted octanol–water partition coefficient (Wildman–Crippen LogP) is 1.33. The van der Waals surface area contributed by atoms with Crippen LogP contribution in [0.2, 0.25) is 0 Å². The first-order valence-electron chi connectivity index (χ1n) is 8.04. The van der Waals surface area contributed by atoms with Gasteiger partial charge in [-0.05, 0) is 43.7 Å². The van der Waals surface area contributed by atoms with Crippen molar-refractivity contribution in [1.82, 2.24) is 15.1 Å². The summed E-state index contributed by atoms with van der Waals surface area (Å²) in [4.78, 5) is 15.9. The van der Waals surface area contributed by atoms with Gasteiger partial charge in [-0.3, -0.25) is 4.79 Å². The number of hydrogen-bond acceptors (Lipinski definition) is 5. The molecule has 0 spiro atoms. The number of rotatable bonds is 3. The Morgan fingerprint density at radius 2 is 2.05 bits per heavy atom. The van der Waals surface area contributed by atoms with Crippen LogP contribution in [0.25, 0.3) is 0 Å². The number of aromatic nitrogens is 2. The van der Waals surface area contributed by atoms with Gasteiger partial charge in [-0.25, -0.2) is 0 Å². The highest BCUT2D eigenvalue weighted by Gasteiger charge is 2.37. The van der Waals surface area contributed by atoms with E-state index in [4.69, 9.17) is 4.74 Å². The van der Waals surface area contributed by atoms with Crippen LogP contribution in [-0.4, -0.2) is 60.4 Å². The third kappa shape index (κ3) is 3.21. The van der Waals surface area contributed by atoms with Gasteiger partial charge in [0.1, 0.15) is 6.10 Å². The molecule has 3 rings (SSSR count). The minimum absolute atomic E-state index is 0.0968. The fourth-order valence-electron chi connectivity index (χ4n) is 3.44. The van der Waals surface area contributed by atoms with Crippen molar-refractivity contribution in [3.8, 4) is 0 Å². The third-order valence-electron chi connectivity index (χ3n) is 4.72. The summed E-state index contributed by atoms with van der Waals surface area (Å²) in [5, 5.41) is 8.12. The van der Waals surface area contributed by atoms with Crippen LogP contribution in [0, 0.1) is 5.92 Å². The van der Waals surface area contributed by atoms with Crippen molar-refractivity contribution in [1.29, 1.82) is 0 Å². The molecule has 2 aliphatic rings. The van der Waals surface area contributed by atoms with E-state index in [2.05, 4.69) is 15.1 Å². The van der Waals surface area contributed by atoms with Crippen molar-refractivity contribution in [3.63, 3.8) is 0 Å². The number of amides is 1. The smallest absolute Gasteiger partial charge is 0.251 e. The van der Waals surface area contributed by atoms with Crippen molar-refractivity contribution >= 4 is 11.7 Å². The molecule has 6 heteroatoms. The molecular weight excluding hydrogens is 280 g/mol. The Bertz CT molecular complexity index is 500. The van der Waals surface area contributed by atoms with Gasteiger partial charge in [0.05, 0.1) is 6.10 Å². The molecule has 120 valence electrons. The number of likely N-dealkylation sites (N-methyl/N-ethyl adjacent to an activating group) is 1. The van der Waals surface area contributed by atoms with E-state index >= 15 is 0 Å². The zero-order valence-corrected chi connectivity index (χ0v) is 13.3. The summed E-state index contributed by atoms with van der Waals surface area (Å²) in [7, 11) is 3.58. The van der Waals surface area contributed by atoms with E-state index in [1.165, 1.54) is 0 Å². The molecule has 0 saturated carbocycles. The Morgan fingerprint density at radius 3 is 2.68 bits per heavy atom. The first kappa shape index (κ1) is 15.2. The Hall–Kier alpha value is -1.69. The molecular formula is C16H24N4O2. The van der Waals surface area contributed by atoms with Crippen LogP contribution in [0.1, 0.15) is 25.7 Å². The number of anilines is 1. The monoisotopic (exact) mass is 304 g/mol. The molecule has 2 saturated heterocycles. The molecule has 0 radical (unpaired) electrons. The molecule has 2 atom stereocenters. The van der Waals surface area contributed by atoms with E-state index in [0.29, 0.717) is 5.92 Å². The fourth-order valence-corrected chi connectivity index (χ4v) is 3.44. The van der Waals surface area contributed by atoms with Crippen molar-refractivity contribution < 1.29 is 9.53 Å². The molecule has 2 fully saturated rings. The molecule has 1 aromatic rings. The minimum Gasteiger partial charge on any atom is -0.365 e. The Kier molecular flexibility index (Phi) is 4.57. The summed E-state index contributed by atoms with van der Waals surface area (Å²) in [5.74, 6) is 1.60. The third-order valence-corrected chi connectivity index (χ3v) is 4.72. The second-order valence-electron chi connectivity index (χ2n) is 6.38. The van der Waals surface area contributed by atoms with Gasteiger partial charge in [0.2, 0.25) is 0 Å². The molecule has 3 heterocycles. The lowest BCUT2D eigenvalue weighted by atomic mass is 9.90. The maximum atomic E-state index is 12.0. The van der Waals surface area contributed by atoms with Crippen LogP contribution >= 0.6 is 0 Å². The first-order valence-corrected chi connectivity index (χ1v) is 8.04. The van der Waals surface area contributed by atoms with Crippen LogP contribution in [0.3, 0.4) is 0 Å². The van der Waals surface area contributed by atoms with Crippen molar-refractivity contribution in [2.75, 3.05) is 32.1 Å². The number of ether oxygens (including phenoxy) is 1. The van der Waals surface area contributed by atoms with Gasteiger partial charge < -0.3 is 14.5 Å². The van der Waals surface area contributed by atoms with Gasteiger partial charge in [0, 0.05) is 33.4 Å². The highest BCUT2D eigenvalue weighted by Crippen LogP contribution is 2.33.